The summed E-state index contributed by atoms with van der Waals surface area (Å²) in [5.41, 5.74) is 9.07. The Hall–Kier alpha value is -2.85. The van der Waals surface area contributed by atoms with Crippen molar-refractivity contribution in [2.75, 3.05) is 19.5 Å². The lowest BCUT2D eigenvalue weighted by Crippen LogP contribution is -2.33. The number of halogens is 1. The number of allylic oxidation sites excluding steroid dienone is 5. The maximum absolute atomic E-state index is 9.89. The van der Waals surface area contributed by atoms with Gasteiger partial charge in [0.05, 0.1) is 14.2 Å². The van der Waals surface area contributed by atoms with E-state index >= 15 is 0 Å². The first-order valence-electron chi connectivity index (χ1n) is 15.8. The molecule has 0 radical (unpaired) electrons. The molecule has 0 amide bonds. The molecular weight excluding hydrogens is 554 g/mol. The predicted molar refractivity (Wildman–Crippen MR) is 186 cm³/mol. The number of benzene rings is 2. The van der Waals surface area contributed by atoms with E-state index in [0.29, 0.717) is 22.6 Å². The zero-order valence-corrected chi connectivity index (χ0v) is 29.4. The van der Waals surface area contributed by atoms with Crippen molar-refractivity contribution in [3.05, 3.63) is 81.0 Å². The fourth-order valence-corrected chi connectivity index (χ4v) is 5.78. The number of nitrogens with one attached hydrogen (secondary N) is 1. The van der Waals surface area contributed by atoms with Crippen LogP contribution in [0.4, 0.5) is 5.69 Å². The molecule has 1 aliphatic carbocycles. The summed E-state index contributed by atoms with van der Waals surface area (Å²) in [6.45, 7) is 20.1. The minimum atomic E-state index is 0.109. The zero-order chi connectivity index (χ0) is 32.4. The summed E-state index contributed by atoms with van der Waals surface area (Å²) in [5, 5.41) is 14.3. The van der Waals surface area contributed by atoms with Crippen molar-refractivity contribution in [1.29, 1.82) is 0 Å². The molecule has 1 aliphatic rings. The molecule has 0 saturated carbocycles. The second-order valence-electron chi connectivity index (χ2n) is 13.0. The monoisotopic (exact) mass is 609 g/mol. The quantitative estimate of drug-likeness (QED) is 0.196. The molecule has 2 aromatic carbocycles. The van der Waals surface area contributed by atoms with Crippen LogP contribution in [0.25, 0.3) is 0 Å². The molecule has 0 heterocycles. The van der Waals surface area contributed by atoms with Crippen LogP contribution in [0.2, 0.25) is 5.02 Å². The van der Waals surface area contributed by atoms with Gasteiger partial charge in [-0.1, -0.05) is 103 Å². The summed E-state index contributed by atoms with van der Waals surface area (Å²) in [5.74, 6) is 1.20. The number of methoxy groups -OCH3 is 2. The first-order valence-corrected chi connectivity index (χ1v) is 16.2. The largest absolute Gasteiger partial charge is 0.508 e. The topological polar surface area (TPSA) is 50.7 Å². The van der Waals surface area contributed by atoms with Crippen LogP contribution in [0.15, 0.2) is 59.3 Å². The van der Waals surface area contributed by atoms with Crippen LogP contribution in [-0.2, 0) is 10.8 Å². The number of hydrogen-bond donors (Lipinski definition) is 2. The molecule has 0 aromatic heterocycles. The minimum Gasteiger partial charge on any atom is -0.508 e. The molecule has 0 unspecified atom stereocenters. The smallest absolute Gasteiger partial charge is 0.149 e. The van der Waals surface area contributed by atoms with E-state index < -0.39 is 0 Å². The van der Waals surface area contributed by atoms with E-state index in [1.807, 2.05) is 0 Å². The molecular formula is C38H56ClNO3. The highest BCUT2D eigenvalue weighted by molar-refractivity contribution is 6.31. The maximum atomic E-state index is 9.89. The third kappa shape index (κ3) is 9.83. The van der Waals surface area contributed by atoms with Crippen molar-refractivity contribution in [3.63, 3.8) is 0 Å². The number of fused-ring (bicyclic) bond motifs is 1. The van der Waals surface area contributed by atoms with Crippen LogP contribution in [0, 0.1) is 6.92 Å². The lowest BCUT2D eigenvalue weighted by molar-refractivity contribution is 0.331. The van der Waals surface area contributed by atoms with E-state index in [-0.39, 0.29) is 11.2 Å². The molecule has 43 heavy (non-hydrogen) atoms. The third-order valence-corrected chi connectivity index (χ3v) is 8.78. The van der Waals surface area contributed by atoms with Gasteiger partial charge in [-0.3, -0.25) is 0 Å². The average molecular weight is 610 g/mol. The molecule has 0 saturated heterocycles. The maximum Gasteiger partial charge on any atom is 0.149 e. The minimum absolute atomic E-state index is 0.109. The number of rotatable bonds is 11. The molecule has 2 N–H and O–H groups in total. The van der Waals surface area contributed by atoms with Crippen molar-refractivity contribution < 1.29 is 14.6 Å². The molecule has 238 valence electrons. The zero-order valence-electron chi connectivity index (χ0n) is 28.6. The Balaban J connectivity index is 0.000000340. The number of hydrogen-bond acceptors (Lipinski definition) is 4. The summed E-state index contributed by atoms with van der Waals surface area (Å²) in [7, 11) is 3.17. The Kier molecular flexibility index (Phi) is 13.8. The highest BCUT2D eigenvalue weighted by Crippen LogP contribution is 2.47. The number of anilines is 1. The van der Waals surface area contributed by atoms with Gasteiger partial charge in [-0.15, -0.1) is 0 Å². The van der Waals surface area contributed by atoms with Gasteiger partial charge < -0.3 is 19.9 Å². The highest BCUT2D eigenvalue weighted by atomic mass is 35.5. The molecule has 0 aliphatic heterocycles. The van der Waals surface area contributed by atoms with Gasteiger partial charge in [0.1, 0.15) is 22.9 Å². The van der Waals surface area contributed by atoms with Gasteiger partial charge in [0.15, 0.2) is 0 Å². The van der Waals surface area contributed by atoms with E-state index in [1.165, 1.54) is 40.7 Å². The summed E-state index contributed by atoms with van der Waals surface area (Å²) < 4.78 is 10.9. The Labute approximate surface area is 267 Å². The van der Waals surface area contributed by atoms with Gasteiger partial charge in [-0.05, 0) is 85.1 Å². The Morgan fingerprint density at radius 3 is 1.91 bits per heavy atom. The average Bonchev–Trinajstić information content (AvgIpc) is 2.95. The van der Waals surface area contributed by atoms with E-state index in [0.717, 1.165) is 42.8 Å². The number of aryl methyl sites for hydroxylation is 1. The second-order valence-corrected chi connectivity index (χ2v) is 13.4. The number of phenols is 1. The molecule has 0 bridgehead atoms. The van der Waals surface area contributed by atoms with Crippen molar-refractivity contribution >= 4 is 17.3 Å². The number of aromatic hydroxyl groups is 1. The molecule has 4 nitrogen and oxygen atoms in total. The lowest BCUT2D eigenvalue weighted by atomic mass is 9.63. The standard InChI is InChI=1S/C23H35NO3.C15H21Cl/c1-7-10-17(4)13-14-18(11-8-2)20(12-9-3)24-23-21(26-5)15-19(25)16-22(23)27-6;1-10-8-11-12(9-13(10)16)15(4,5)7-6-14(11,2)3/h12-16,24-25H,7-11H2,1-6H3;8-9H,6-7H2,1-5H3/b17-13+,18-14+,20-12+;. The van der Waals surface area contributed by atoms with E-state index in [1.54, 1.807) is 26.4 Å². The van der Waals surface area contributed by atoms with Gasteiger partial charge in [0.2, 0.25) is 0 Å². The van der Waals surface area contributed by atoms with E-state index in [9.17, 15) is 5.11 Å². The third-order valence-electron chi connectivity index (χ3n) is 8.37. The van der Waals surface area contributed by atoms with Crippen LogP contribution in [0.5, 0.6) is 17.2 Å². The van der Waals surface area contributed by atoms with Crippen LogP contribution >= 0.6 is 11.6 Å². The Morgan fingerprint density at radius 2 is 1.42 bits per heavy atom. The van der Waals surface area contributed by atoms with E-state index in [4.69, 9.17) is 21.1 Å². The summed E-state index contributed by atoms with van der Waals surface area (Å²) in [4.78, 5) is 0. The lowest BCUT2D eigenvalue weighted by Gasteiger charge is -2.42. The van der Waals surface area contributed by atoms with Crippen molar-refractivity contribution in [2.45, 2.75) is 118 Å². The van der Waals surface area contributed by atoms with Gasteiger partial charge in [0, 0.05) is 22.9 Å². The molecule has 0 spiro atoms. The van der Waals surface area contributed by atoms with Gasteiger partial charge in [-0.2, -0.15) is 0 Å². The Morgan fingerprint density at radius 1 is 0.884 bits per heavy atom. The van der Waals surface area contributed by atoms with Crippen LogP contribution in [0.3, 0.4) is 0 Å². The Bertz CT molecular complexity index is 1250. The summed E-state index contributed by atoms with van der Waals surface area (Å²) >= 11 is 6.27. The summed E-state index contributed by atoms with van der Waals surface area (Å²) in [6, 6.07) is 7.65. The van der Waals surface area contributed by atoms with Gasteiger partial charge >= 0.3 is 0 Å². The molecule has 2 aromatic rings. The number of phenolic OH excluding ortho intramolecular Hbond substituents is 1. The molecule has 0 fully saturated rings. The molecule has 5 heteroatoms. The van der Waals surface area contributed by atoms with Crippen molar-refractivity contribution in [2.24, 2.45) is 0 Å². The number of ether oxygens (including phenoxy) is 2. The van der Waals surface area contributed by atoms with Crippen molar-refractivity contribution in [3.8, 4) is 17.2 Å². The second kappa shape index (κ2) is 16.3. The fraction of sp³-hybridized carbons (Fsp3) is 0.526. The molecule has 0 atom stereocenters. The van der Waals surface area contributed by atoms with Crippen LogP contribution in [0.1, 0.15) is 117 Å². The van der Waals surface area contributed by atoms with Gasteiger partial charge in [0.25, 0.3) is 0 Å². The first kappa shape index (κ1) is 36.3. The molecule has 3 rings (SSSR count). The van der Waals surface area contributed by atoms with Gasteiger partial charge in [-0.25, -0.2) is 0 Å². The normalized spacial score (nSPS) is 16.1. The fourth-order valence-electron chi connectivity index (χ4n) is 5.62. The first-order chi connectivity index (χ1) is 20.2. The highest BCUT2D eigenvalue weighted by Gasteiger charge is 2.37. The summed E-state index contributed by atoms with van der Waals surface area (Å²) in [6.07, 6.45) is 14.3. The van der Waals surface area contributed by atoms with Crippen molar-refractivity contribution in [1.82, 2.24) is 0 Å². The van der Waals surface area contributed by atoms with Crippen LogP contribution < -0.4 is 14.8 Å². The SMILES string of the molecule is CC\C=C(Nc1c(OC)cc(O)cc1OC)/C(=C/C=C(\C)CCC)CCC.Cc1cc2c(cc1Cl)C(C)(C)CCC2(C)C. The predicted octanol–water partition coefficient (Wildman–Crippen LogP) is 11.6. The van der Waals surface area contributed by atoms with E-state index in [2.05, 4.69) is 98.0 Å². The van der Waals surface area contributed by atoms with Crippen LogP contribution in [-0.4, -0.2) is 19.3 Å².